The smallest absolute Gasteiger partial charge is 0.106 e. The average molecular weight is 196 g/mol. The number of nitrogens with zero attached hydrogens (tertiary/aromatic N) is 3. The van der Waals surface area contributed by atoms with E-state index in [1.54, 1.807) is 0 Å². The fraction of sp³-hybridized carbons (Fsp3) is 0.900. The molecule has 0 aliphatic carbocycles. The largest absolute Gasteiger partial charge is 0.374 e. The zero-order valence-corrected chi connectivity index (χ0v) is 9.11. The van der Waals surface area contributed by atoms with Crippen LogP contribution in [0.3, 0.4) is 0 Å². The van der Waals surface area contributed by atoms with Gasteiger partial charge in [-0.2, -0.15) is 0 Å². The summed E-state index contributed by atoms with van der Waals surface area (Å²) in [6.45, 7) is 6.88. The molecule has 4 nitrogen and oxygen atoms in total. The van der Waals surface area contributed by atoms with Crippen molar-refractivity contribution in [2.24, 2.45) is 4.99 Å². The lowest BCUT2D eigenvalue weighted by Crippen LogP contribution is -2.51. The number of aliphatic imine (C=N–C) groups is 1. The van der Waals surface area contributed by atoms with Crippen LogP contribution in [0.1, 0.15) is 13.3 Å². The van der Waals surface area contributed by atoms with Crippen LogP contribution in [-0.4, -0.2) is 61.6 Å². The molecule has 0 aromatic rings. The minimum atomic E-state index is 0.417. The highest BCUT2D eigenvalue weighted by molar-refractivity contribution is 5.56. The summed E-state index contributed by atoms with van der Waals surface area (Å²) < 4.78 is 0. The van der Waals surface area contributed by atoms with Gasteiger partial charge in [0.15, 0.2) is 0 Å². The topological polar surface area (TPSA) is 30.9 Å². The molecule has 2 unspecified atom stereocenters. The Morgan fingerprint density at radius 3 is 2.64 bits per heavy atom. The molecule has 1 fully saturated rings. The third-order valence-electron chi connectivity index (χ3n) is 3.13. The molecule has 0 saturated carbocycles. The number of likely N-dealkylation sites (N-methyl/N-ethyl adjacent to an activating group) is 1. The summed E-state index contributed by atoms with van der Waals surface area (Å²) in [5.74, 6) is 0. The second-order valence-corrected chi connectivity index (χ2v) is 4.40. The predicted octanol–water partition coefficient (Wildman–Crippen LogP) is -0.0300. The van der Waals surface area contributed by atoms with Gasteiger partial charge in [-0.05, 0) is 14.0 Å². The normalized spacial score (nSPS) is 35.6. The summed E-state index contributed by atoms with van der Waals surface area (Å²) in [6, 6.07) is 0.567. The number of hydrogen-bond donors (Lipinski definition) is 1. The molecular formula is C10H20N4. The Balaban J connectivity index is 1.88. The van der Waals surface area contributed by atoms with Crippen LogP contribution >= 0.6 is 0 Å². The van der Waals surface area contributed by atoms with Gasteiger partial charge in [0.1, 0.15) is 6.17 Å². The zero-order valence-electron chi connectivity index (χ0n) is 9.11. The molecule has 4 heteroatoms. The van der Waals surface area contributed by atoms with Crippen molar-refractivity contribution < 1.29 is 0 Å². The van der Waals surface area contributed by atoms with E-state index in [4.69, 9.17) is 0 Å². The van der Waals surface area contributed by atoms with E-state index >= 15 is 0 Å². The fourth-order valence-electron chi connectivity index (χ4n) is 2.06. The van der Waals surface area contributed by atoms with Crippen LogP contribution in [0, 0.1) is 0 Å². The van der Waals surface area contributed by atoms with Gasteiger partial charge in [-0.15, -0.1) is 0 Å². The molecule has 0 aromatic heterocycles. The Morgan fingerprint density at radius 2 is 2.00 bits per heavy atom. The van der Waals surface area contributed by atoms with Gasteiger partial charge in [-0.25, -0.2) is 0 Å². The first-order valence-corrected chi connectivity index (χ1v) is 5.46. The summed E-state index contributed by atoms with van der Waals surface area (Å²) in [6.07, 6.45) is 3.43. The Morgan fingerprint density at radius 1 is 1.29 bits per heavy atom. The van der Waals surface area contributed by atoms with Crippen LogP contribution in [0.5, 0.6) is 0 Å². The van der Waals surface area contributed by atoms with Gasteiger partial charge >= 0.3 is 0 Å². The van der Waals surface area contributed by atoms with Crippen molar-refractivity contribution in [3.63, 3.8) is 0 Å². The number of rotatable bonds is 1. The standard InChI is InChI=1S/C10H20N4/c1-9-7-10(12-8-11-9)14-5-3-13(2)4-6-14/h8-10H,3-7H2,1-2H3,(H,11,12). The van der Waals surface area contributed by atoms with Gasteiger partial charge < -0.3 is 10.2 Å². The molecule has 0 radical (unpaired) electrons. The predicted molar refractivity (Wildman–Crippen MR) is 58.6 cm³/mol. The van der Waals surface area contributed by atoms with Crippen LogP contribution in [-0.2, 0) is 0 Å². The van der Waals surface area contributed by atoms with Crippen molar-refractivity contribution in [3.8, 4) is 0 Å². The highest BCUT2D eigenvalue weighted by Crippen LogP contribution is 2.13. The Bertz CT molecular complexity index is 208. The van der Waals surface area contributed by atoms with Crippen LogP contribution in [0.25, 0.3) is 0 Å². The fourth-order valence-corrected chi connectivity index (χ4v) is 2.06. The van der Waals surface area contributed by atoms with E-state index in [1.165, 1.54) is 13.1 Å². The van der Waals surface area contributed by atoms with Crippen molar-refractivity contribution in [2.45, 2.75) is 25.6 Å². The second-order valence-electron chi connectivity index (χ2n) is 4.40. The van der Waals surface area contributed by atoms with Crippen molar-refractivity contribution in [1.29, 1.82) is 0 Å². The van der Waals surface area contributed by atoms with E-state index in [9.17, 15) is 0 Å². The van der Waals surface area contributed by atoms with Crippen molar-refractivity contribution >= 4 is 6.34 Å². The molecule has 2 aliphatic heterocycles. The average Bonchev–Trinajstić information content (AvgIpc) is 2.19. The number of hydrogen-bond acceptors (Lipinski definition) is 4. The lowest BCUT2D eigenvalue weighted by Gasteiger charge is -2.38. The molecule has 0 aromatic carbocycles. The van der Waals surface area contributed by atoms with Crippen LogP contribution < -0.4 is 5.32 Å². The molecule has 2 rings (SSSR count). The third-order valence-corrected chi connectivity index (χ3v) is 3.13. The van der Waals surface area contributed by atoms with Gasteiger partial charge in [0.05, 0.1) is 6.34 Å². The Labute approximate surface area is 86.0 Å². The zero-order chi connectivity index (χ0) is 9.97. The van der Waals surface area contributed by atoms with E-state index in [2.05, 4.69) is 34.1 Å². The summed E-state index contributed by atoms with van der Waals surface area (Å²) in [4.78, 5) is 9.37. The lowest BCUT2D eigenvalue weighted by atomic mass is 10.1. The highest BCUT2D eigenvalue weighted by Gasteiger charge is 2.24. The van der Waals surface area contributed by atoms with E-state index in [1.807, 2.05) is 6.34 Å². The van der Waals surface area contributed by atoms with E-state index < -0.39 is 0 Å². The van der Waals surface area contributed by atoms with Crippen LogP contribution in [0.2, 0.25) is 0 Å². The van der Waals surface area contributed by atoms with E-state index in [-0.39, 0.29) is 0 Å². The highest BCUT2D eigenvalue weighted by atomic mass is 15.3. The quantitative estimate of drug-likeness (QED) is 0.639. The Kier molecular flexibility index (Phi) is 3.03. The molecule has 2 heterocycles. The third kappa shape index (κ3) is 2.25. The van der Waals surface area contributed by atoms with Gasteiger partial charge in [-0.1, -0.05) is 0 Å². The van der Waals surface area contributed by atoms with Crippen molar-refractivity contribution in [3.05, 3.63) is 0 Å². The molecule has 0 amide bonds. The van der Waals surface area contributed by atoms with Gasteiger partial charge in [0.25, 0.3) is 0 Å². The molecule has 2 atom stereocenters. The molecule has 0 bridgehead atoms. The minimum absolute atomic E-state index is 0.417. The summed E-state index contributed by atoms with van der Waals surface area (Å²) in [5, 5.41) is 3.23. The summed E-state index contributed by atoms with van der Waals surface area (Å²) >= 11 is 0. The van der Waals surface area contributed by atoms with E-state index in [0.29, 0.717) is 12.2 Å². The molecule has 0 spiro atoms. The maximum atomic E-state index is 4.50. The molecule has 2 aliphatic rings. The molecule has 14 heavy (non-hydrogen) atoms. The second kappa shape index (κ2) is 4.28. The van der Waals surface area contributed by atoms with Crippen LogP contribution in [0.15, 0.2) is 4.99 Å². The first-order valence-electron chi connectivity index (χ1n) is 5.46. The first kappa shape index (κ1) is 9.93. The number of piperazine rings is 1. The molecule has 1 saturated heterocycles. The lowest BCUT2D eigenvalue weighted by molar-refractivity contribution is 0.104. The van der Waals surface area contributed by atoms with Crippen molar-refractivity contribution in [1.82, 2.24) is 15.1 Å². The van der Waals surface area contributed by atoms with Crippen molar-refractivity contribution in [2.75, 3.05) is 33.2 Å². The maximum absolute atomic E-state index is 4.50. The number of nitrogens with one attached hydrogen (secondary N) is 1. The summed E-state index contributed by atoms with van der Waals surface area (Å²) in [5.41, 5.74) is 0. The molecule has 1 N–H and O–H groups in total. The SMILES string of the molecule is CC1CC(N2CCN(C)CC2)N=CN1. The maximum Gasteiger partial charge on any atom is 0.106 e. The Hall–Kier alpha value is -0.610. The van der Waals surface area contributed by atoms with Gasteiger partial charge in [0, 0.05) is 38.6 Å². The molecule has 80 valence electrons. The van der Waals surface area contributed by atoms with Gasteiger partial charge in [-0.3, -0.25) is 9.89 Å². The summed E-state index contributed by atoms with van der Waals surface area (Å²) in [7, 11) is 2.19. The first-order chi connectivity index (χ1) is 6.75. The van der Waals surface area contributed by atoms with Gasteiger partial charge in [0.2, 0.25) is 0 Å². The minimum Gasteiger partial charge on any atom is -0.374 e. The van der Waals surface area contributed by atoms with E-state index in [0.717, 1.165) is 19.5 Å². The molecular weight excluding hydrogens is 176 g/mol. The monoisotopic (exact) mass is 196 g/mol. The van der Waals surface area contributed by atoms with Crippen LogP contribution in [0.4, 0.5) is 0 Å².